The molecule has 0 amide bonds. The molecule has 0 heterocycles. The van der Waals surface area contributed by atoms with Crippen LogP contribution in [0.15, 0.2) is 0 Å². The molecule has 15 heavy (non-hydrogen) atoms. The van der Waals surface area contributed by atoms with Gasteiger partial charge < -0.3 is 9.64 Å². The molecule has 3 nitrogen and oxygen atoms in total. The lowest BCUT2D eigenvalue weighted by atomic mass is 9.89. The van der Waals surface area contributed by atoms with Crippen molar-refractivity contribution in [2.24, 2.45) is 5.41 Å². The molecule has 0 radical (unpaired) electrons. The molecule has 3 heteroatoms. The number of Topliss-reactive ketones (excluding diaryl/α,β-unsaturated/α-hetero) is 1. The summed E-state index contributed by atoms with van der Waals surface area (Å²) in [6.45, 7) is 11.5. The Bertz CT molecular complexity index is 185. The lowest BCUT2D eigenvalue weighted by molar-refractivity contribution is -0.126. The van der Waals surface area contributed by atoms with Crippen LogP contribution >= 0.6 is 0 Å². The molecule has 0 unspecified atom stereocenters. The highest BCUT2D eigenvalue weighted by molar-refractivity contribution is 5.83. The van der Waals surface area contributed by atoms with Crippen LogP contribution in [0.1, 0.15) is 34.1 Å². The van der Waals surface area contributed by atoms with Crippen molar-refractivity contribution in [1.82, 2.24) is 4.90 Å². The van der Waals surface area contributed by atoms with Crippen LogP contribution in [-0.2, 0) is 9.53 Å². The van der Waals surface area contributed by atoms with E-state index in [1.165, 1.54) is 0 Å². The van der Waals surface area contributed by atoms with Gasteiger partial charge in [0, 0.05) is 32.0 Å². The van der Waals surface area contributed by atoms with E-state index in [9.17, 15) is 4.79 Å². The molecule has 0 fully saturated rings. The minimum Gasteiger partial charge on any atom is -0.383 e. The molecule has 0 aromatic carbocycles. The number of hydrogen-bond donors (Lipinski definition) is 0. The molecule has 0 rings (SSSR count). The van der Waals surface area contributed by atoms with Crippen LogP contribution in [0.5, 0.6) is 0 Å². The maximum atomic E-state index is 11.7. The molecule has 0 saturated carbocycles. The summed E-state index contributed by atoms with van der Waals surface area (Å²) in [4.78, 5) is 13.9. The van der Waals surface area contributed by atoms with E-state index in [1.54, 1.807) is 7.11 Å². The van der Waals surface area contributed by atoms with Gasteiger partial charge in [0.25, 0.3) is 0 Å². The van der Waals surface area contributed by atoms with Gasteiger partial charge in [0.05, 0.1) is 6.61 Å². The topological polar surface area (TPSA) is 29.5 Å². The zero-order chi connectivity index (χ0) is 11.9. The van der Waals surface area contributed by atoms with Gasteiger partial charge in [-0.2, -0.15) is 0 Å². The average molecular weight is 215 g/mol. The quantitative estimate of drug-likeness (QED) is 0.650. The smallest absolute Gasteiger partial charge is 0.139 e. The Morgan fingerprint density at radius 1 is 1.27 bits per heavy atom. The number of hydrogen-bond acceptors (Lipinski definition) is 3. The molecule has 0 saturated heterocycles. The number of methoxy groups -OCH3 is 1. The number of nitrogens with zero attached hydrogens (tertiary/aromatic N) is 1. The van der Waals surface area contributed by atoms with Crippen LogP contribution in [-0.4, -0.2) is 44.0 Å². The van der Waals surface area contributed by atoms with Crippen LogP contribution in [0.25, 0.3) is 0 Å². The molecule has 0 atom stereocenters. The molecular formula is C12H25NO2. The maximum Gasteiger partial charge on any atom is 0.139 e. The number of carbonyl (C=O) groups excluding carboxylic acids is 1. The summed E-state index contributed by atoms with van der Waals surface area (Å²) in [6, 6.07) is 0. The van der Waals surface area contributed by atoms with Gasteiger partial charge in [-0.25, -0.2) is 0 Å². The third-order valence-corrected chi connectivity index (χ3v) is 2.55. The Kier molecular flexibility index (Phi) is 6.77. The Hall–Kier alpha value is -0.410. The minimum atomic E-state index is -0.208. The van der Waals surface area contributed by atoms with E-state index >= 15 is 0 Å². The van der Waals surface area contributed by atoms with Gasteiger partial charge in [0.15, 0.2) is 0 Å². The maximum absolute atomic E-state index is 11.7. The second kappa shape index (κ2) is 6.96. The van der Waals surface area contributed by atoms with Gasteiger partial charge in [-0.15, -0.1) is 0 Å². The van der Waals surface area contributed by atoms with Crippen LogP contribution in [0.3, 0.4) is 0 Å². The fraction of sp³-hybridized carbons (Fsp3) is 0.917. The van der Waals surface area contributed by atoms with Gasteiger partial charge in [-0.1, -0.05) is 27.7 Å². The number of ketones is 1. The molecular weight excluding hydrogens is 190 g/mol. The number of likely N-dealkylation sites (N-methyl/N-ethyl adjacent to an activating group) is 1. The van der Waals surface area contributed by atoms with Gasteiger partial charge in [0.2, 0.25) is 0 Å². The first-order chi connectivity index (χ1) is 6.91. The molecule has 0 aliphatic rings. The summed E-state index contributed by atoms with van der Waals surface area (Å²) >= 11 is 0. The first-order valence-corrected chi connectivity index (χ1v) is 5.66. The molecule has 0 aromatic heterocycles. The van der Waals surface area contributed by atoms with Gasteiger partial charge in [-0.3, -0.25) is 4.79 Å². The first kappa shape index (κ1) is 14.6. The SMILES string of the molecule is CCN(CCOC)CCC(=O)C(C)(C)C. The Morgan fingerprint density at radius 3 is 2.27 bits per heavy atom. The fourth-order valence-corrected chi connectivity index (χ4v) is 1.28. The predicted octanol–water partition coefficient (Wildman–Crippen LogP) is 1.96. The van der Waals surface area contributed by atoms with E-state index in [2.05, 4.69) is 11.8 Å². The lowest BCUT2D eigenvalue weighted by Gasteiger charge is -2.22. The Morgan fingerprint density at radius 2 is 1.87 bits per heavy atom. The second-order valence-corrected chi connectivity index (χ2v) is 4.85. The highest BCUT2D eigenvalue weighted by Gasteiger charge is 2.20. The zero-order valence-electron chi connectivity index (χ0n) is 10.8. The minimum absolute atomic E-state index is 0.208. The van der Waals surface area contributed by atoms with Crippen molar-refractivity contribution < 1.29 is 9.53 Å². The van der Waals surface area contributed by atoms with Crippen molar-refractivity contribution >= 4 is 5.78 Å². The molecule has 0 aliphatic carbocycles. The third-order valence-electron chi connectivity index (χ3n) is 2.55. The van der Waals surface area contributed by atoms with E-state index in [0.29, 0.717) is 12.2 Å². The molecule has 0 N–H and O–H groups in total. The summed E-state index contributed by atoms with van der Waals surface area (Å²) in [5.74, 6) is 0.332. The summed E-state index contributed by atoms with van der Waals surface area (Å²) < 4.78 is 5.02. The molecule has 0 aliphatic heterocycles. The van der Waals surface area contributed by atoms with Crippen molar-refractivity contribution in [1.29, 1.82) is 0 Å². The summed E-state index contributed by atoms with van der Waals surface area (Å²) in [5, 5.41) is 0. The van der Waals surface area contributed by atoms with Crippen molar-refractivity contribution in [3.63, 3.8) is 0 Å². The van der Waals surface area contributed by atoms with E-state index in [4.69, 9.17) is 4.74 Å². The highest BCUT2D eigenvalue weighted by atomic mass is 16.5. The van der Waals surface area contributed by atoms with Gasteiger partial charge >= 0.3 is 0 Å². The molecule has 0 aromatic rings. The summed E-state index contributed by atoms with van der Waals surface area (Å²) in [6.07, 6.45) is 0.640. The van der Waals surface area contributed by atoms with Crippen LogP contribution in [0.2, 0.25) is 0 Å². The summed E-state index contributed by atoms with van der Waals surface area (Å²) in [7, 11) is 1.70. The standard InChI is InChI=1S/C12H25NO2/c1-6-13(9-10-15-5)8-7-11(14)12(2,3)4/h6-10H2,1-5H3. The van der Waals surface area contributed by atoms with Crippen molar-refractivity contribution in [3.05, 3.63) is 0 Å². The average Bonchev–Trinajstić information content (AvgIpc) is 2.16. The largest absolute Gasteiger partial charge is 0.383 e. The normalized spacial score (nSPS) is 12.1. The van der Waals surface area contributed by atoms with Crippen molar-refractivity contribution in [2.75, 3.05) is 33.4 Å². The Labute approximate surface area is 93.8 Å². The molecule has 90 valence electrons. The van der Waals surface area contributed by atoms with E-state index in [-0.39, 0.29) is 5.41 Å². The highest BCUT2D eigenvalue weighted by Crippen LogP contribution is 2.16. The summed E-state index contributed by atoms with van der Waals surface area (Å²) in [5.41, 5.74) is -0.208. The van der Waals surface area contributed by atoms with Crippen molar-refractivity contribution in [3.8, 4) is 0 Å². The van der Waals surface area contributed by atoms with Gasteiger partial charge in [-0.05, 0) is 6.54 Å². The Balaban J connectivity index is 3.85. The van der Waals surface area contributed by atoms with Crippen LogP contribution in [0, 0.1) is 5.41 Å². The number of ether oxygens (including phenoxy) is 1. The van der Waals surface area contributed by atoms with Crippen LogP contribution in [0.4, 0.5) is 0 Å². The number of carbonyl (C=O) groups is 1. The predicted molar refractivity (Wildman–Crippen MR) is 63.1 cm³/mol. The molecule has 0 spiro atoms. The zero-order valence-corrected chi connectivity index (χ0v) is 10.8. The third kappa shape index (κ3) is 6.63. The van der Waals surface area contributed by atoms with Gasteiger partial charge in [0.1, 0.15) is 5.78 Å². The fourth-order valence-electron chi connectivity index (χ4n) is 1.28. The first-order valence-electron chi connectivity index (χ1n) is 5.66. The lowest BCUT2D eigenvalue weighted by Crippen LogP contribution is -2.32. The second-order valence-electron chi connectivity index (χ2n) is 4.85. The van der Waals surface area contributed by atoms with Crippen molar-refractivity contribution in [2.45, 2.75) is 34.1 Å². The monoisotopic (exact) mass is 215 g/mol. The number of rotatable bonds is 7. The van der Waals surface area contributed by atoms with E-state index < -0.39 is 0 Å². The van der Waals surface area contributed by atoms with E-state index in [0.717, 1.165) is 26.2 Å². The molecule has 0 bridgehead atoms. The van der Waals surface area contributed by atoms with Crippen LogP contribution < -0.4 is 0 Å². The van der Waals surface area contributed by atoms with E-state index in [1.807, 2.05) is 20.8 Å².